The maximum atomic E-state index is 10.7. The standard InChI is InChI=1S/C10H16N4O2/c11-9-7(5-8(15)16)10(12)14(13-9)6-3-1-2-4-6/h6H,1-5,12H2,(H2,11,13)(H,15,16). The van der Waals surface area contributed by atoms with E-state index >= 15 is 0 Å². The Bertz CT molecular complexity index is 407. The molecule has 0 aromatic carbocycles. The van der Waals surface area contributed by atoms with Gasteiger partial charge in [0.1, 0.15) is 5.82 Å². The molecule has 0 saturated heterocycles. The number of aliphatic carboxylic acids is 1. The molecule has 1 aliphatic carbocycles. The van der Waals surface area contributed by atoms with Crippen LogP contribution in [0.25, 0.3) is 0 Å². The Morgan fingerprint density at radius 2 is 2.06 bits per heavy atom. The average molecular weight is 224 g/mol. The van der Waals surface area contributed by atoms with E-state index < -0.39 is 5.97 Å². The number of carbonyl (C=O) groups is 1. The van der Waals surface area contributed by atoms with Gasteiger partial charge in [0.25, 0.3) is 0 Å². The van der Waals surface area contributed by atoms with E-state index in [9.17, 15) is 4.79 Å². The lowest BCUT2D eigenvalue weighted by molar-refractivity contribution is -0.136. The zero-order valence-corrected chi connectivity index (χ0v) is 9.02. The Morgan fingerprint density at radius 1 is 1.44 bits per heavy atom. The quantitative estimate of drug-likeness (QED) is 0.703. The van der Waals surface area contributed by atoms with Crippen LogP contribution in [0, 0.1) is 0 Å². The smallest absolute Gasteiger partial charge is 0.308 e. The molecule has 1 fully saturated rings. The number of anilines is 2. The van der Waals surface area contributed by atoms with Crippen LogP contribution < -0.4 is 11.5 Å². The van der Waals surface area contributed by atoms with Gasteiger partial charge in [-0.05, 0) is 12.8 Å². The van der Waals surface area contributed by atoms with Gasteiger partial charge in [-0.25, -0.2) is 4.68 Å². The predicted octanol–water partition coefficient (Wildman–Crippen LogP) is 0.790. The molecule has 1 aliphatic rings. The minimum absolute atomic E-state index is 0.162. The molecule has 0 atom stereocenters. The molecule has 6 heteroatoms. The van der Waals surface area contributed by atoms with Gasteiger partial charge in [-0.3, -0.25) is 4.79 Å². The lowest BCUT2D eigenvalue weighted by atomic mass is 10.2. The largest absolute Gasteiger partial charge is 0.481 e. The molecule has 2 rings (SSSR count). The van der Waals surface area contributed by atoms with Crippen molar-refractivity contribution in [3.8, 4) is 0 Å². The lowest BCUT2D eigenvalue weighted by Gasteiger charge is -2.11. The highest BCUT2D eigenvalue weighted by Crippen LogP contribution is 2.33. The molecule has 0 bridgehead atoms. The fraction of sp³-hybridized carbons (Fsp3) is 0.600. The second kappa shape index (κ2) is 4.03. The van der Waals surface area contributed by atoms with Crippen molar-refractivity contribution in [2.75, 3.05) is 11.5 Å². The number of carboxylic acid groups (broad SMARTS) is 1. The highest BCUT2D eigenvalue weighted by Gasteiger charge is 2.23. The number of rotatable bonds is 3. The fourth-order valence-corrected chi connectivity index (χ4v) is 2.26. The van der Waals surface area contributed by atoms with E-state index in [0.29, 0.717) is 11.4 Å². The van der Waals surface area contributed by atoms with Crippen LogP contribution in [-0.2, 0) is 11.2 Å². The van der Waals surface area contributed by atoms with Gasteiger partial charge in [0, 0.05) is 5.56 Å². The Morgan fingerprint density at radius 3 is 2.62 bits per heavy atom. The summed E-state index contributed by atoms with van der Waals surface area (Å²) in [7, 11) is 0. The summed E-state index contributed by atoms with van der Waals surface area (Å²) in [5.74, 6) is -0.289. The van der Waals surface area contributed by atoms with Gasteiger partial charge < -0.3 is 16.6 Å². The number of hydrogen-bond acceptors (Lipinski definition) is 4. The van der Waals surface area contributed by atoms with E-state index in [0.717, 1.165) is 25.7 Å². The van der Waals surface area contributed by atoms with Crippen LogP contribution in [0.15, 0.2) is 0 Å². The van der Waals surface area contributed by atoms with Crippen LogP contribution in [0.4, 0.5) is 11.6 Å². The first-order chi connectivity index (χ1) is 7.59. The molecule has 1 aromatic rings. The van der Waals surface area contributed by atoms with E-state index in [1.807, 2.05) is 0 Å². The van der Waals surface area contributed by atoms with Crippen molar-refractivity contribution in [3.63, 3.8) is 0 Å². The average Bonchev–Trinajstić information content (AvgIpc) is 2.80. The van der Waals surface area contributed by atoms with Crippen molar-refractivity contribution in [3.05, 3.63) is 5.56 Å². The topological polar surface area (TPSA) is 107 Å². The second-order valence-electron chi connectivity index (χ2n) is 4.20. The molecule has 5 N–H and O–H groups in total. The summed E-state index contributed by atoms with van der Waals surface area (Å²) < 4.78 is 1.70. The molecule has 0 radical (unpaired) electrons. The fourth-order valence-electron chi connectivity index (χ4n) is 2.26. The molecule has 88 valence electrons. The first kappa shape index (κ1) is 10.8. The van der Waals surface area contributed by atoms with Gasteiger partial charge in [0.15, 0.2) is 5.82 Å². The number of nitrogens with zero attached hydrogens (tertiary/aromatic N) is 2. The van der Waals surface area contributed by atoms with Crippen LogP contribution in [0.5, 0.6) is 0 Å². The highest BCUT2D eigenvalue weighted by molar-refractivity contribution is 5.75. The van der Waals surface area contributed by atoms with E-state index in [2.05, 4.69) is 5.10 Å². The molecular weight excluding hydrogens is 208 g/mol. The minimum Gasteiger partial charge on any atom is -0.481 e. The molecule has 0 amide bonds. The third-order valence-corrected chi connectivity index (χ3v) is 3.08. The van der Waals surface area contributed by atoms with E-state index in [-0.39, 0.29) is 18.3 Å². The maximum Gasteiger partial charge on any atom is 0.308 e. The summed E-state index contributed by atoms with van der Waals surface area (Å²) in [6.45, 7) is 0. The van der Waals surface area contributed by atoms with Gasteiger partial charge in [-0.2, -0.15) is 5.10 Å². The number of nitrogens with two attached hydrogens (primary N) is 2. The molecule has 6 nitrogen and oxygen atoms in total. The number of hydrogen-bond donors (Lipinski definition) is 3. The maximum absolute atomic E-state index is 10.7. The predicted molar refractivity (Wildman–Crippen MR) is 59.9 cm³/mol. The Kier molecular flexibility index (Phi) is 2.72. The van der Waals surface area contributed by atoms with Crippen LogP contribution in [0.3, 0.4) is 0 Å². The molecule has 1 saturated carbocycles. The summed E-state index contributed by atoms with van der Waals surface area (Å²) in [5, 5.41) is 12.9. The number of carboxylic acids is 1. The molecular formula is C10H16N4O2. The van der Waals surface area contributed by atoms with E-state index in [1.165, 1.54) is 0 Å². The Hall–Kier alpha value is -1.72. The SMILES string of the molecule is Nc1nn(C2CCCC2)c(N)c1CC(=O)O. The van der Waals surface area contributed by atoms with Crippen LogP contribution in [0.1, 0.15) is 37.3 Å². The van der Waals surface area contributed by atoms with Gasteiger partial charge in [0.05, 0.1) is 12.5 Å². The molecule has 0 aliphatic heterocycles. The van der Waals surface area contributed by atoms with Crippen molar-refractivity contribution in [2.24, 2.45) is 0 Å². The molecule has 0 unspecified atom stereocenters. The number of aromatic nitrogens is 2. The van der Waals surface area contributed by atoms with Gasteiger partial charge in [-0.15, -0.1) is 0 Å². The van der Waals surface area contributed by atoms with Crippen molar-refractivity contribution < 1.29 is 9.90 Å². The lowest BCUT2D eigenvalue weighted by Crippen LogP contribution is -2.11. The molecule has 1 aromatic heterocycles. The molecule has 1 heterocycles. The summed E-state index contributed by atoms with van der Waals surface area (Å²) in [6, 6.07) is 0.282. The summed E-state index contributed by atoms with van der Waals surface area (Å²) >= 11 is 0. The first-order valence-corrected chi connectivity index (χ1v) is 5.43. The van der Waals surface area contributed by atoms with Crippen LogP contribution in [0.2, 0.25) is 0 Å². The van der Waals surface area contributed by atoms with Crippen molar-refractivity contribution in [1.29, 1.82) is 0 Å². The molecule has 16 heavy (non-hydrogen) atoms. The van der Waals surface area contributed by atoms with Gasteiger partial charge in [0.2, 0.25) is 0 Å². The molecule has 0 spiro atoms. The normalized spacial score (nSPS) is 16.8. The van der Waals surface area contributed by atoms with Crippen molar-refractivity contribution in [1.82, 2.24) is 9.78 Å². The van der Waals surface area contributed by atoms with E-state index in [4.69, 9.17) is 16.6 Å². The highest BCUT2D eigenvalue weighted by atomic mass is 16.4. The van der Waals surface area contributed by atoms with Gasteiger partial charge in [-0.1, -0.05) is 12.8 Å². The van der Waals surface area contributed by atoms with Crippen LogP contribution >= 0.6 is 0 Å². The minimum atomic E-state index is -0.940. The van der Waals surface area contributed by atoms with Crippen molar-refractivity contribution in [2.45, 2.75) is 38.1 Å². The first-order valence-electron chi connectivity index (χ1n) is 5.43. The zero-order chi connectivity index (χ0) is 11.7. The Balaban J connectivity index is 2.30. The Labute approximate surface area is 93.2 Å². The summed E-state index contributed by atoms with van der Waals surface area (Å²) in [5.41, 5.74) is 12.0. The third kappa shape index (κ3) is 1.82. The van der Waals surface area contributed by atoms with E-state index in [1.54, 1.807) is 4.68 Å². The van der Waals surface area contributed by atoms with Crippen molar-refractivity contribution >= 4 is 17.6 Å². The zero-order valence-electron chi connectivity index (χ0n) is 9.02. The monoisotopic (exact) mass is 224 g/mol. The summed E-state index contributed by atoms with van der Waals surface area (Å²) in [6.07, 6.45) is 4.25. The van der Waals surface area contributed by atoms with Gasteiger partial charge >= 0.3 is 5.97 Å². The van der Waals surface area contributed by atoms with Crippen LogP contribution in [-0.4, -0.2) is 20.9 Å². The number of nitrogen functional groups attached to an aromatic ring is 2. The third-order valence-electron chi connectivity index (χ3n) is 3.08. The second-order valence-corrected chi connectivity index (χ2v) is 4.20. The summed E-state index contributed by atoms with van der Waals surface area (Å²) in [4.78, 5) is 10.7.